The minimum absolute atomic E-state index is 0.263. The van der Waals surface area contributed by atoms with Crippen LogP contribution >= 0.6 is 0 Å². The van der Waals surface area contributed by atoms with Crippen molar-refractivity contribution >= 4 is 0 Å². The highest BCUT2D eigenvalue weighted by atomic mass is 16.5. The van der Waals surface area contributed by atoms with Crippen molar-refractivity contribution in [3.63, 3.8) is 0 Å². The van der Waals surface area contributed by atoms with E-state index >= 15 is 0 Å². The molecule has 0 amide bonds. The summed E-state index contributed by atoms with van der Waals surface area (Å²) < 4.78 is 5.67. The third-order valence-electron chi connectivity index (χ3n) is 4.66. The first-order valence-corrected chi connectivity index (χ1v) is 6.68. The summed E-state index contributed by atoms with van der Waals surface area (Å²) in [5, 5.41) is 0. The molecule has 0 radical (unpaired) electrons. The Kier molecular flexibility index (Phi) is 3.57. The Morgan fingerprint density at radius 2 is 1.81 bits per heavy atom. The molecule has 2 unspecified atom stereocenters. The van der Waals surface area contributed by atoms with Gasteiger partial charge >= 0.3 is 0 Å². The van der Waals surface area contributed by atoms with Gasteiger partial charge in [0.05, 0.1) is 6.10 Å². The Morgan fingerprint density at radius 3 is 2.25 bits per heavy atom. The van der Waals surface area contributed by atoms with Gasteiger partial charge in [0.1, 0.15) is 0 Å². The summed E-state index contributed by atoms with van der Waals surface area (Å²) in [5.74, 6) is 1.63. The minimum atomic E-state index is 0.263. The average Bonchev–Trinajstić information content (AvgIpc) is 2.53. The maximum Gasteiger partial charge on any atom is 0.0611 e. The first kappa shape index (κ1) is 12.3. The largest absolute Gasteiger partial charge is 0.378 e. The lowest BCUT2D eigenvalue weighted by molar-refractivity contribution is -0.0946. The minimum Gasteiger partial charge on any atom is -0.378 e. The zero-order valence-electron chi connectivity index (χ0n) is 10.9. The molecule has 16 heavy (non-hydrogen) atoms. The summed E-state index contributed by atoms with van der Waals surface area (Å²) in [6, 6.07) is 0. The normalized spacial score (nSPS) is 44.6. The van der Waals surface area contributed by atoms with Gasteiger partial charge in [-0.25, -0.2) is 0 Å². The molecule has 3 nitrogen and oxygen atoms in total. The molecule has 2 rings (SSSR count). The molecule has 94 valence electrons. The first-order chi connectivity index (χ1) is 7.61. The van der Waals surface area contributed by atoms with Gasteiger partial charge in [0, 0.05) is 31.8 Å². The molecular weight excluding hydrogens is 200 g/mol. The van der Waals surface area contributed by atoms with E-state index in [1.165, 1.54) is 13.1 Å². The SMILES string of the molecule is CCOC1CC(CN)(N2CC(C)C(C)C2)C1. The topological polar surface area (TPSA) is 38.5 Å². The predicted octanol–water partition coefficient (Wildman–Crippen LogP) is 1.47. The molecular formula is C13H26N2O. The van der Waals surface area contributed by atoms with Crippen molar-refractivity contribution in [2.75, 3.05) is 26.2 Å². The lowest BCUT2D eigenvalue weighted by Crippen LogP contribution is -2.63. The van der Waals surface area contributed by atoms with Gasteiger partial charge in [-0.15, -0.1) is 0 Å². The van der Waals surface area contributed by atoms with Crippen LogP contribution in [0.15, 0.2) is 0 Å². The Morgan fingerprint density at radius 1 is 1.25 bits per heavy atom. The van der Waals surface area contributed by atoms with Crippen LogP contribution in [0.5, 0.6) is 0 Å². The maximum atomic E-state index is 6.00. The van der Waals surface area contributed by atoms with Gasteiger partial charge in [-0.2, -0.15) is 0 Å². The molecule has 2 N–H and O–H groups in total. The second-order valence-electron chi connectivity index (χ2n) is 5.77. The third-order valence-corrected chi connectivity index (χ3v) is 4.66. The molecule has 1 heterocycles. The van der Waals surface area contributed by atoms with Crippen molar-refractivity contribution in [1.82, 2.24) is 4.90 Å². The molecule has 1 aliphatic heterocycles. The summed E-state index contributed by atoms with van der Waals surface area (Å²) >= 11 is 0. The van der Waals surface area contributed by atoms with E-state index in [4.69, 9.17) is 10.5 Å². The van der Waals surface area contributed by atoms with Crippen LogP contribution < -0.4 is 5.73 Å². The fourth-order valence-corrected chi connectivity index (χ4v) is 3.21. The van der Waals surface area contributed by atoms with Crippen LogP contribution in [-0.4, -0.2) is 42.8 Å². The highest BCUT2D eigenvalue weighted by molar-refractivity contribution is 5.06. The summed E-state index contributed by atoms with van der Waals surface area (Å²) in [4.78, 5) is 2.62. The van der Waals surface area contributed by atoms with Gasteiger partial charge in [0.15, 0.2) is 0 Å². The zero-order chi connectivity index (χ0) is 11.8. The first-order valence-electron chi connectivity index (χ1n) is 6.68. The standard InChI is InChI=1S/C13H26N2O/c1-4-16-12-5-13(6-12,9-14)15-7-10(2)11(3)8-15/h10-12H,4-9,14H2,1-3H3. The van der Waals surface area contributed by atoms with Gasteiger partial charge in [0.2, 0.25) is 0 Å². The second-order valence-corrected chi connectivity index (χ2v) is 5.77. The number of ether oxygens (including phenoxy) is 1. The van der Waals surface area contributed by atoms with E-state index in [1.54, 1.807) is 0 Å². The Balaban J connectivity index is 1.92. The quantitative estimate of drug-likeness (QED) is 0.789. The van der Waals surface area contributed by atoms with Crippen LogP contribution in [0, 0.1) is 11.8 Å². The van der Waals surface area contributed by atoms with Gasteiger partial charge in [-0.05, 0) is 31.6 Å². The van der Waals surface area contributed by atoms with E-state index in [1.807, 2.05) is 0 Å². The number of hydrogen-bond donors (Lipinski definition) is 1. The highest BCUT2D eigenvalue weighted by Gasteiger charge is 2.50. The fraction of sp³-hybridized carbons (Fsp3) is 1.00. The molecule has 2 aliphatic rings. The van der Waals surface area contributed by atoms with Crippen molar-refractivity contribution in [3.8, 4) is 0 Å². The smallest absolute Gasteiger partial charge is 0.0611 e. The molecule has 1 aliphatic carbocycles. The van der Waals surface area contributed by atoms with E-state index in [9.17, 15) is 0 Å². The molecule has 0 aromatic carbocycles. The molecule has 1 saturated carbocycles. The number of hydrogen-bond acceptors (Lipinski definition) is 3. The van der Waals surface area contributed by atoms with Crippen LogP contribution in [0.3, 0.4) is 0 Å². The van der Waals surface area contributed by atoms with Crippen LogP contribution in [0.25, 0.3) is 0 Å². The zero-order valence-corrected chi connectivity index (χ0v) is 10.9. The summed E-state index contributed by atoms with van der Waals surface area (Å²) in [6.07, 6.45) is 2.73. The Labute approximate surface area is 99.3 Å². The van der Waals surface area contributed by atoms with E-state index < -0.39 is 0 Å². The van der Waals surface area contributed by atoms with Crippen molar-refractivity contribution in [3.05, 3.63) is 0 Å². The molecule has 0 aromatic heterocycles. The molecule has 2 fully saturated rings. The van der Waals surface area contributed by atoms with Crippen molar-refractivity contribution in [2.24, 2.45) is 17.6 Å². The van der Waals surface area contributed by atoms with E-state index in [0.717, 1.165) is 37.8 Å². The molecule has 0 spiro atoms. The van der Waals surface area contributed by atoms with Crippen LogP contribution in [0.2, 0.25) is 0 Å². The van der Waals surface area contributed by atoms with Gasteiger partial charge in [-0.1, -0.05) is 13.8 Å². The molecule has 0 bridgehead atoms. The Hall–Kier alpha value is -0.120. The third kappa shape index (κ3) is 2.01. The van der Waals surface area contributed by atoms with Crippen LogP contribution in [0.1, 0.15) is 33.6 Å². The van der Waals surface area contributed by atoms with Gasteiger partial charge in [-0.3, -0.25) is 4.90 Å². The van der Waals surface area contributed by atoms with Crippen molar-refractivity contribution in [1.29, 1.82) is 0 Å². The predicted molar refractivity (Wildman–Crippen MR) is 66.3 cm³/mol. The van der Waals surface area contributed by atoms with Gasteiger partial charge in [0.25, 0.3) is 0 Å². The summed E-state index contributed by atoms with van der Waals surface area (Å²) in [7, 11) is 0. The fourth-order valence-electron chi connectivity index (χ4n) is 3.21. The number of rotatable bonds is 4. The lowest BCUT2D eigenvalue weighted by Gasteiger charge is -2.52. The molecule has 2 atom stereocenters. The highest BCUT2D eigenvalue weighted by Crippen LogP contribution is 2.42. The van der Waals surface area contributed by atoms with E-state index in [-0.39, 0.29) is 5.54 Å². The summed E-state index contributed by atoms with van der Waals surface area (Å²) in [5.41, 5.74) is 6.26. The van der Waals surface area contributed by atoms with Crippen LogP contribution in [-0.2, 0) is 4.74 Å². The molecule has 1 saturated heterocycles. The molecule has 3 heteroatoms. The van der Waals surface area contributed by atoms with E-state index in [2.05, 4.69) is 25.7 Å². The van der Waals surface area contributed by atoms with Crippen LogP contribution in [0.4, 0.5) is 0 Å². The average molecular weight is 226 g/mol. The number of likely N-dealkylation sites (tertiary alicyclic amines) is 1. The Bertz CT molecular complexity index is 228. The van der Waals surface area contributed by atoms with Gasteiger partial charge < -0.3 is 10.5 Å². The molecule has 0 aromatic rings. The summed E-state index contributed by atoms with van der Waals surface area (Å²) in [6.45, 7) is 10.8. The number of nitrogens with zero attached hydrogens (tertiary/aromatic N) is 1. The monoisotopic (exact) mass is 226 g/mol. The maximum absolute atomic E-state index is 6.00. The lowest BCUT2D eigenvalue weighted by atomic mass is 9.73. The van der Waals surface area contributed by atoms with Crippen molar-refractivity contribution in [2.45, 2.75) is 45.3 Å². The second kappa shape index (κ2) is 4.63. The van der Waals surface area contributed by atoms with E-state index in [0.29, 0.717) is 6.10 Å². The number of nitrogens with two attached hydrogens (primary N) is 1. The van der Waals surface area contributed by atoms with Crippen molar-refractivity contribution < 1.29 is 4.74 Å².